The van der Waals surface area contributed by atoms with Crippen molar-refractivity contribution in [1.29, 1.82) is 0 Å². The molecule has 1 heterocycles. The molecule has 3 nitrogen and oxygen atoms in total. The molecule has 144 valence electrons. The van der Waals surface area contributed by atoms with Crippen molar-refractivity contribution >= 4 is 23.0 Å². The van der Waals surface area contributed by atoms with Crippen LogP contribution in [0.25, 0.3) is 0 Å². The lowest BCUT2D eigenvalue weighted by Crippen LogP contribution is -2.34. The Morgan fingerprint density at radius 3 is 2.18 bits per heavy atom. The van der Waals surface area contributed by atoms with E-state index in [1.54, 1.807) is 0 Å². The maximum Gasteiger partial charge on any atom is 0.174 e. The molecule has 0 radical (unpaired) electrons. The highest BCUT2D eigenvalue weighted by Gasteiger charge is 2.14. The fraction of sp³-hybridized carbons (Fsp3) is 0.250. The topological polar surface area (TPSA) is 28.2 Å². The van der Waals surface area contributed by atoms with E-state index in [2.05, 4.69) is 79.3 Å². The summed E-state index contributed by atoms with van der Waals surface area (Å²) >= 11 is 5.82. The van der Waals surface area contributed by atoms with Crippen molar-refractivity contribution in [3.05, 3.63) is 94.3 Å². The first kappa shape index (κ1) is 20.0. The Bertz CT molecular complexity index is 926. The molecule has 0 spiro atoms. The van der Waals surface area contributed by atoms with Gasteiger partial charge in [-0.1, -0.05) is 53.6 Å². The number of nitrogens with zero attached hydrogens (tertiary/aromatic N) is 2. The molecule has 1 aromatic heterocycles. The molecule has 0 atom stereocenters. The summed E-state index contributed by atoms with van der Waals surface area (Å²) in [5, 5.41) is 4.20. The Labute approximate surface area is 173 Å². The van der Waals surface area contributed by atoms with E-state index in [4.69, 9.17) is 12.2 Å². The van der Waals surface area contributed by atoms with Gasteiger partial charge in [0.05, 0.1) is 12.2 Å². The zero-order valence-electron chi connectivity index (χ0n) is 17.0. The molecule has 4 heteroatoms. The number of aromatic nitrogens is 1. The predicted molar refractivity (Wildman–Crippen MR) is 122 cm³/mol. The smallest absolute Gasteiger partial charge is 0.174 e. The molecule has 0 saturated carbocycles. The van der Waals surface area contributed by atoms with Crippen LogP contribution >= 0.6 is 12.2 Å². The molecule has 1 N–H and O–H groups in total. The number of hydrogen-bond donors (Lipinski definition) is 1. The molecule has 0 fully saturated rings. The summed E-state index contributed by atoms with van der Waals surface area (Å²) in [6.45, 7) is 9.84. The minimum absolute atomic E-state index is 0.657. The molecule has 0 aliphatic rings. The van der Waals surface area contributed by atoms with Crippen LogP contribution in [0.1, 0.15) is 33.5 Å². The van der Waals surface area contributed by atoms with Crippen LogP contribution in [-0.4, -0.2) is 15.0 Å². The van der Waals surface area contributed by atoms with Crippen LogP contribution in [0.4, 0.5) is 5.69 Å². The predicted octanol–water partition coefficient (Wildman–Crippen LogP) is 5.71. The molecular formula is C24H27N3S. The van der Waals surface area contributed by atoms with Crippen molar-refractivity contribution in [2.24, 2.45) is 0 Å². The summed E-state index contributed by atoms with van der Waals surface area (Å²) in [5.74, 6) is 0. The van der Waals surface area contributed by atoms with Crippen LogP contribution in [0.2, 0.25) is 0 Å². The lowest BCUT2D eigenvalue weighted by Gasteiger charge is -2.27. The van der Waals surface area contributed by atoms with Crippen molar-refractivity contribution in [2.45, 2.75) is 40.8 Å². The van der Waals surface area contributed by atoms with E-state index < -0.39 is 0 Å². The quantitative estimate of drug-likeness (QED) is 0.565. The molecule has 0 amide bonds. The highest BCUT2D eigenvalue weighted by atomic mass is 32.1. The maximum atomic E-state index is 5.82. The van der Waals surface area contributed by atoms with Gasteiger partial charge in [-0.25, -0.2) is 0 Å². The van der Waals surface area contributed by atoms with E-state index in [1.807, 2.05) is 24.4 Å². The van der Waals surface area contributed by atoms with Gasteiger partial charge in [-0.05, 0) is 68.7 Å². The van der Waals surface area contributed by atoms with Crippen LogP contribution in [0.5, 0.6) is 0 Å². The molecule has 3 aromatic rings. The molecule has 2 aromatic carbocycles. The van der Waals surface area contributed by atoms with Gasteiger partial charge >= 0.3 is 0 Å². The summed E-state index contributed by atoms with van der Waals surface area (Å²) in [7, 11) is 0. The standard InChI is InChI=1S/C24H27N3S/c1-17-8-10-21(11-9-17)15-27(16-22-7-5-6-12-25-22)24(28)26-23-19(3)13-18(2)14-20(23)4/h5-14H,15-16H2,1-4H3,(H,26,28). The zero-order valence-corrected chi connectivity index (χ0v) is 17.8. The van der Waals surface area contributed by atoms with Crippen molar-refractivity contribution in [3.8, 4) is 0 Å². The number of pyridine rings is 1. The maximum absolute atomic E-state index is 5.82. The Balaban J connectivity index is 1.84. The SMILES string of the molecule is Cc1ccc(CN(Cc2ccccn2)C(=S)Nc2c(C)cc(C)cc2C)cc1. The van der Waals surface area contributed by atoms with Crippen molar-refractivity contribution in [2.75, 3.05) is 5.32 Å². The van der Waals surface area contributed by atoms with E-state index >= 15 is 0 Å². The van der Waals surface area contributed by atoms with Gasteiger partial charge in [-0.2, -0.15) is 0 Å². The summed E-state index contributed by atoms with van der Waals surface area (Å²) in [4.78, 5) is 6.65. The number of nitrogens with one attached hydrogen (secondary N) is 1. The molecular weight excluding hydrogens is 362 g/mol. The summed E-state index contributed by atoms with van der Waals surface area (Å²) in [5.41, 5.74) is 8.23. The van der Waals surface area contributed by atoms with Gasteiger partial charge < -0.3 is 10.2 Å². The van der Waals surface area contributed by atoms with E-state index in [0.29, 0.717) is 11.7 Å². The fourth-order valence-electron chi connectivity index (χ4n) is 3.36. The third-order valence-corrected chi connectivity index (χ3v) is 5.13. The van der Waals surface area contributed by atoms with Gasteiger partial charge in [0.15, 0.2) is 5.11 Å². The lowest BCUT2D eigenvalue weighted by molar-refractivity contribution is 0.407. The Morgan fingerprint density at radius 2 is 1.57 bits per heavy atom. The van der Waals surface area contributed by atoms with Gasteiger partial charge in [0.2, 0.25) is 0 Å². The largest absolute Gasteiger partial charge is 0.339 e. The third kappa shape index (κ3) is 5.17. The van der Waals surface area contributed by atoms with Gasteiger partial charge in [0, 0.05) is 18.4 Å². The second-order valence-electron chi connectivity index (χ2n) is 7.37. The van der Waals surface area contributed by atoms with Gasteiger partial charge in [-0.15, -0.1) is 0 Å². The number of anilines is 1. The second-order valence-corrected chi connectivity index (χ2v) is 7.75. The average Bonchev–Trinajstić information content (AvgIpc) is 2.66. The summed E-state index contributed by atoms with van der Waals surface area (Å²) < 4.78 is 0. The summed E-state index contributed by atoms with van der Waals surface area (Å²) in [6.07, 6.45) is 1.82. The van der Waals surface area contributed by atoms with E-state index in [1.165, 1.54) is 27.8 Å². The van der Waals surface area contributed by atoms with Gasteiger partial charge in [-0.3, -0.25) is 4.98 Å². The average molecular weight is 390 g/mol. The number of rotatable bonds is 5. The van der Waals surface area contributed by atoms with Crippen LogP contribution in [-0.2, 0) is 13.1 Å². The van der Waals surface area contributed by atoms with E-state index in [0.717, 1.165) is 17.9 Å². The highest BCUT2D eigenvalue weighted by Crippen LogP contribution is 2.23. The zero-order chi connectivity index (χ0) is 20.1. The Kier molecular flexibility index (Phi) is 6.42. The molecule has 0 aliphatic heterocycles. The van der Waals surface area contributed by atoms with Gasteiger partial charge in [0.1, 0.15) is 0 Å². The molecule has 0 saturated heterocycles. The highest BCUT2D eigenvalue weighted by molar-refractivity contribution is 7.80. The minimum Gasteiger partial charge on any atom is -0.339 e. The van der Waals surface area contributed by atoms with Crippen molar-refractivity contribution in [1.82, 2.24) is 9.88 Å². The monoisotopic (exact) mass is 389 g/mol. The van der Waals surface area contributed by atoms with Crippen molar-refractivity contribution in [3.63, 3.8) is 0 Å². The molecule has 28 heavy (non-hydrogen) atoms. The Morgan fingerprint density at radius 1 is 0.893 bits per heavy atom. The lowest BCUT2D eigenvalue weighted by atomic mass is 10.1. The molecule has 3 rings (SSSR count). The second kappa shape index (κ2) is 8.98. The van der Waals surface area contributed by atoms with Crippen LogP contribution in [0.3, 0.4) is 0 Å². The number of hydrogen-bond acceptors (Lipinski definition) is 2. The van der Waals surface area contributed by atoms with E-state index in [9.17, 15) is 0 Å². The third-order valence-electron chi connectivity index (χ3n) is 4.77. The number of thiocarbonyl (C=S) groups is 1. The van der Waals surface area contributed by atoms with E-state index in [-0.39, 0.29) is 0 Å². The molecule has 0 bridgehead atoms. The van der Waals surface area contributed by atoms with Crippen LogP contribution in [0, 0.1) is 27.7 Å². The normalized spacial score (nSPS) is 10.6. The van der Waals surface area contributed by atoms with Crippen LogP contribution in [0.15, 0.2) is 60.8 Å². The minimum atomic E-state index is 0.657. The van der Waals surface area contributed by atoms with Crippen molar-refractivity contribution < 1.29 is 0 Å². The van der Waals surface area contributed by atoms with Crippen LogP contribution < -0.4 is 5.32 Å². The number of benzene rings is 2. The number of aryl methyl sites for hydroxylation is 4. The Hall–Kier alpha value is -2.72. The summed E-state index contributed by atoms with van der Waals surface area (Å²) in [6, 6.07) is 18.9. The fourth-order valence-corrected chi connectivity index (χ4v) is 3.59. The first-order chi connectivity index (χ1) is 13.4. The van der Waals surface area contributed by atoms with Gasteiger partial charge in [0.25, 0.3) is 0 Å². The molecule has 0 aliphatic carbocycles. The molecule has 0 unspecified atom stereocenters. The first-order valence-electron chi connectivity index (χ1n) is 9.51. The first-order valence-corrected chi connectivity index (χ1v) is 9.92.